The molecule has 0 saturated carbocycles. The summed E-state index contributed by atoms with van der Waals surface area (Å²) in [7, 11) is 0. The van der Waals surface area contributed by atoms with Gasteiger partial charge in [0, 0.05) is 0 Å². The normalized spacial score (nSPS) is 12.6. The topological polar surface area (TPSA) is 77.4 Å². The van der Waals surface area contributed by atoms with Crippen molar-refractivity contribution in [3.63, 3.8) is 0 Å². The van der Waals surface area contributed by atoms with E-state index in [9.17, 15) is 0 Å². The fourth-order valence-corrected chi connectivity index (χ4v) is 2.31. The summed E-state index contributed by atoms with van der Waals surface area (Å²) in [6.07, 6.45) is 8.59. The van der Waals surface area contributed by atoms with E-state index in [4.69, 9.17) is 29.2 Å². The summed E-state index contributed by atoms with van der Waals surface area (Å²) >= 11 is 0. The molecule has 0 fully saturated rings. The van der Waals surface area contributed by atoms with E-state index in [1.807, 2.05) is 0 Å². The quantitative estimate of drug-likeness (QED) is 0.328. The number of unbranched alkanes of at least 4 members (excludes halogenated alkanes) is 5. The van der Waals surface area contributed by atoms with Crippen LogP contribution < -0.4 is 0 Å². The lowest BCUT2D eigenvalue weighted by atomic mass is 10.1. The molecule has 2 N–H and O–H groups in total. The average molecular weight is 350 g/mol. The van der Waals surface area contributed by atoms with Crippen LogP contribution in [0.2, 0.25) is 0 Å². The van der Waals surface area contributed by atoms with Crippen LogP contribution in [0.3, 0.4) is 0 Å². The van der Waals surface area contributed by atoms with Gasteiger partial charge in [-0.15, -0.1) is 0 Å². The van der Waals surface area contributed by atoms with Crippen molar-refractivity contribution in [2.75, 3.05) is 59.5 Å². The average Bonchev–Trinajstić information content (AvgIpc) is 2.60. The van der Waals surface area contributed by atoms with Crippen LogP contribution in [0.1, 0.15) is 51.9 Å². The summed E-state index contributed by atoms with van der Waals surface area (Å²) in [5, 5.41) is 17.5. The van der Waals surface area contributed by atoms with E-state index >= 15 is 0 Å². The van der Waals surface area contributed by atoms with Gasteiger partial charge >= 0.3 is 0 Å². The Kier molecular flexibility index (Phi) is 20.6. The van der Waals surface area contributed by atoms with Crippen LogP contribution in [0.25, 0.3) is 0 Å². The smallest absolute Gasteiger partial charge is 0.0809 e. The third-order valence-corrected chi connectivity index (χ3v) is 3.61. The minimum absolute atomic E-state index is 0.0386. The zero-order chi connectivity index (χ0) is 17.7. The highest BCUT2D eigenvalue weighted by atomic mass is 16.6. The number of ether oxygens (including phenoxy) is 4. The van der Waals surface area contributed by atoms with Gasteiger partial charge in [0.05, 0.1) is 65.6 Å². The number of aliphatic hydroxyl groups is 2. The van der Waals surface area contributed by atoms with Crippen molar-refractivity contribution in [3.05, 3.63) is 0 Å². The second-order valence-corrected chi connectivity index (χ2v) is 5.80. The zero-order valence-electron chi connectivity index (χ0n) is 15.4. The maximum Gasteiger partial charge on any atom is 0.0809 e. The molecule has 24 heavy (non-hydrogen) atoms. The molecule has 6 nitrogen and oxygen atoms in total. The lowest BCUT2D eigenvalue weighted by Crippen LogP contribution is -2.23. The molecular formula is C18H38O6. The highest BCUT2D eigenvalue weighted by molar-refractivity contribution is 4.58. The van der Waals surface area contributed by atoms with Gasteiger partial charge in [-0.25, -0.2) is 0 Å². The van der Waals surface area contributed by atoms with Gasteiger partial charge in [0.2, 0.25) is 0 Å². The molecule has 0 saturated heterocycles. The number of aliphatic hydroxyl groups excluding tert-OH is 2. The van der Waals surface area contributed by atoms with Gasteiger partial charge < -0.3 is 29.2 Å². The lowest BCUT2D eigenvalue weighted by molar-refractivity contribution is -0.0471. The molecule has 1 atom stereocenters. The minimum atomic E-state index is 0.0386. The first-order valence-electron chi connectivity index (χ1n) is 9.41. The Morgan fingerprint density at radius 1 is 0.667 bits per heavy atom. The van der Waals surface area contributed by atoms with Crippen LogP contribution in [-0.4, -0.2) is 75.8 Å². The monoisotopic (exact) mass is 350 g/mol. The predicted octanol–water partition coefficient (Wildman–Crippen LogP) is 2.16. The summed E-state index contributed by atoms with van der Waals surface area (Å²) in [5.74, 6) is 0. The summed E-state index contributed by atoms with van der Waals surface area (Å²) in [4.78, 5) is 0. The largest absolute Gasteiger partial charge is 0.394 e. The Morgan fingerprint density at radius 2 is 1.25 bits per heavy atom. The van der Waals surface area contributed by atoms with E-state index in [0.717, 1.165) is 12.8 Å². The Bertz CT molecular complexity index is 228. The van der Waals surface area contributed by atoms with Gasteiger partial charge in [-0.2, -0.15) is 0 Å². The molecule has 0 spiro atoms. The highest BCUT2D eigenvalue weighted by Crippen LogP contribution is 2.11. The first-order valence-corrected chi connectivity index (χ1v) is 9.41. The number of hydrogen-bond donors (Lipinski definition) is 2. The third kappa shape index (κ3) is 18.1. The molecule has 0 aliphatic carbocycles. The second kappa shape index (κ2) is 20.8. The molecule has 6 heteroatoms. The van der Waals surface area contributed by atoms with E-state index in [1.54, 1.807) is 0 Å². The van der Waals surface area contributed by atoms with Gasteiger partial charge in [0.25, 0.3) is 0 Å². The fraction of sp³-hybridized carbons (Fsp3) is 1.00. The molecule has 0 rings (SSSR count). The second-order valence-electron chi connectivity index (χ2n) is 5.80. The van der Waals surface area contributed by atoms with Gasteiger partial charge in [-0.05, 0) is 6.42 Å². The van der Waals surface area contributed by atoms with Crippen LogP contribution in [-0.2, 0) is 18.9 Å². The number of hydrogen-bond acceptors (Lipinski definition) is 6. The molecule has 0 bridgehead atoms. The molecule has 0 radical (unpaired) electrons. The van der Waals surface area contributed by atoms with E-state index in [-0.39, 0.29) is 19.3 Å². The zero-order valence-corrected chi connectivity index (χ0v) is 15.4. The molecule has 0 aromatic rings. The van der Waals surface area contributed by atoms with Crippen molar-refractivity contribution in [1.82, 2.24) is 0 Å². The molecular weight excluding hydrogens is 312 g/mol. The van der Waals surface area contributed by atoms with Gasteiger partial charge in [0.15, 0.2) is 0 Å². The molecule has 0 amide bonds. The Labute approximate surface area is 147 Å². The standard InChI is InChI=1S/C18H38O6/c1-2-3-4-5-6-7-8-18(24-12-10-20)17-23-16-15-22-14-13-21-11-9-19/h18-20H,2-17H2,1H3. The molecule has 1 unspecified atom stereocenters. The van der Waals surface area contributed by atoms with Crippen molar-refractivity contribution >= 4 is 0 Å². The van der Waals surface area contributed by atoms with Crippen molar-refractivity contribution in [1.29, 1.82) is 0 Å². The summed E-state index contributed by atoms with van der Waals surface area (Å²) in [5.41, 5.74) is 0. The Balaban J connectivity index is 3.53. The first-order chi connectivity index (χ1) is 11.8. The Morgan fingerprint density at radius 3 is 1.92 bits per heavy atom. The fourth-order valence-electron chi connectivity index (χ4n) is 2.31. The maximum atomic E-state index is 8.90. The molecule has 0 aliphatic rings. The van der Waals surface area contributed by atoms with Crippen LogP contribution in [0.5, 0.6) is 0 Å². The summed E-state index contributed by atoms with van der Waals surface area (Å²) in [6.45, 7) is 5.60. The van der Waals surface area contributed by atoms with Crippen molar-refractivity contribution in [2.24, 2.45) is 0 Å². The lowest BCUT2D eigenvalue weighted by Gasteiger charge is -2.17. The molecule has 146 valence electrons. The van der Waals surface area contributed by atoms with Gasteiger partial charge in [0.1, 0.15) is 0 Å². The van der Waals surface area contributed by atoms with Crippen molar-refractivity contribution in [3.8, 4) is 0 Å². The molecule has 0 heterocycles. The SMILES string of the molecule is CCCCCCCCC(COCCOCCOCCO)OCCO. The minimum Gasteiger partial charge on any atom is -0.394 e. The van der Waals surface area contributed by atoms with Crippen LogP contribution in [0.4, 0.5) is 0 Å². The van der Waals surface area contributed by atoms with E-state index < -0.39 is 0 Å². The van der Waals surface area contributed by atoms with Gasteiger partial charge in [-0.1, -0.05) is 45.4 Å². The maximum absolute atomic E-state index is 8.90. The molecule has 0 aromatic carbocycles. The van der Waals surface area contributed by atoms with Gasteiger partial charge in [-0.3, -0.25) is 0 Å². The third-order valence-electron chi connectivity index (χ3n) is 3.61. The van der Waals surface area contributed by atoms with E-state index in [2.05, 4.69) is 6.92 Å². The van der Waals surface area contributed by atoms with Crippen molar-refractivity contribution < 1.29 is 29.2 Å². The van der Waals surface area contributed by atoms with Crippen LogP contribution >= 0.6 is 0 Å². The van der Waals surface area contributed by atoms with E-state index in [1.165, 1.54) is 32.1 Å². The van der Waals surface area contributed by atoms with Crippen molar-refractivity contribution in [2.45, 2.75) is 58.0 Å². The predicted molar refractivity (Wildman–Crippen MR) is 94.4 cm³/mol. The molecule has 0 aliphatic heterocycles. The first kappa shape index (κ1) is 23.8. The summed E-state index contributed by atoms with van der Waals surface area (Å²) < 4.78 is 21.7. The summed E-state index contributed by atoms with van der Waals surface area (Å²) in [6, 6.07) is 0. The highest BCUT2D eigenvalue weighted by Gasteiger charge is 2.09. The Hall–Kier alpha value is -0.240. The van der Waals surface area contributed by atoms with Crippen LogP contribution in [0, 0.1) is 0 Å². The number of rotatable bonds is 20. The van der Waals surface area contributed by atoms with Crippen LogP contribution in [0.15, 0.2) is 0 Å². The van der Waals surface area contributed by atoms with E-state index in [0.29, 0.717) is 46.2 Å². The molecule has 0 aromatic heterocycles.